The number of benzene rings is 6. The summed E-state index contributed by atoms with van der Waals surface area (Å²) in [5.41, 5.74) is 14.9. The minimum atomic E-state index is -0.127. The van der Waals surface area contributed by atoms with Crippen LogP contribution in [0.25, 0.3) is 69.9 Å². The summed E-state index contributed by atoms with van der Waals surface area (Å²) >= 11 is 1.95. The van der Waals surface area contributed by atoms with Gasteiger partial charge in [-0.15, -0.1) is 11.3 Å². The highest BCUT2D eigenvalue weighted by Gasteiger charge is 2.41. The molecule has 0 amide bonds. The molecule has 2 heteroatoms. The van der Waals surface area contributed by atoms with E-state index in [0.29, 0.717) is 0 Å². The minimum Gasteiger partial charge on any atom is -0.308 e. The molecule has 2 aromatic heterocycles. The van der Waals surface area contributed by atoms with Gasteiger partial charge in [0.15, 0.2) is 0 Å². The third-order valence-corrected chi connectivity index (χ3v) is 11.9. The lowest BCUT2D eigenvalue weighted by Gasteiger charge is -2.23. The van der Waals surface area contributed by atoms with Crippen molar-refractivity contribution in [3.63, 3.8) is 0 Å². The van der Waals surface area contributed by atoms with Crippen molar-refractivity contribution in [2.45, 2.75) is 38.5 Å². The van der Waals surface area contributed by atoms with Crippen molar-refractivity contribution < 1.29 is 0 Å². The van der Waals surface area contributed by atoms with Crippen molar-refractivity contribution in [2.24, 2.45) is 0 Å². The summed E-state index contributed by atoms with van der Waals surface area (Å²) in [7, 11) is 0. The Kier molecular flexibility index (Phi) is 4.54. The lowest BCUT2D eigenvalue weighted by Crippen LogP contribution is -2.15. The maximum absolute atomic E-state index is 2.58. The summed E-state index contributed by atoms with van der Waals surface area (Å²) in [5.74, 6) is 0. The summed E-state index contributed by atoms with van der Waals surface area (Å²) in [6, 6.07) is 43.4. The van der Waals surface area contributed by atoms with E-state index in [9.17, 15) is 0 Å². The molecule has 2 heterocycles. The van der Waals surface area contributed by atoms with E-state index in [-0.39, 0.29) is 10.8 Å². The highest BCUT2D eigenvalue weighted by atomic mass is 32.1. The smallest absolute Gasteiger partial charge is 0.0723 e. The summed E-state index contributed by atoms with van der Waals surface area (Å²) in [5, 5.41) is 5.51. The van der Waals surface area contributed by atoms with Gasteiger partial charge in [0.1, 0.15) is 0 Å². The van der Waals surface area contributed by atoms with E-state index in [2.05, 4.69) is 148 Å². The van der Waals surface area contributed by atoms with Crippen LogP contribution in [-0.4, -0.2) is 4.57 Å². The van der Waals surface area contributed by atoms with E-state index in [1.807, 2.05) is 11.3 Å². The monoisotopic (exact) mass is 581 g/mol. The van der Waals surface area contributed by atoms with E-state index in [0.717, 1.165) is 0 Å². The molecule has 0 saturated heterocycles. The summed E-state index contributed by atoms with van der Waals surface area (Å²) in [6.07, 6.45) is 0. The maximum atomic E-state index is 2.58. The Bertz CT molecular complexity index is 2550. The first-order valence-corrected chi connectivity index (χ1v) is 16.4. The lowest BCUT2D eigenvalue weighted by molar-refractivity contribution is 0.660. The Hall–Kier alpha value is -4.66. The van der Waals surface area contributed by atoms with E-state index < -0.39 is 0 Å². The average Bonchev–Trinajstić information content (AvgIpc) is 3.72. The largest absolute Gasteiger partial charge is 0.308 e. The number of hydrogen-bond acceptors (Lipinski definition) is 1. The number of nitrogens with zero attached hydrogens (tertiary/aromatic N) is 1. The van der Waals surface area contributed by atoms with Crippen molar-refractivity contribution in [3.05, 3.63) is 138 Å². The van der Waals surface area contributed by atoms with Gasteiger partial charge < -0.3 is 4.57 Å². The number of aromatic nitrogens is 1. The van der Waals surface area contributed by atoms with Gasteiger partial charge in [0.25, 0.3) is 0 Å². The van der Waals surface area contributed by atoms with Crippen LogP contribution in [0.15, 0.2) is 115 Å². The molecule has 6 aromatic carbocycles. The molecule has 44 heavy (non-hydrogen) atoms. The highest BCUT2D eigenvalue weighted by Crippen LogP contribution is 2.59. The second-order valence-electron chi connectivity index (χ2n) is 13.7. The normalized spacial score (nSPS) is 15.6. The Morgan fingerprint density at radius 2 is 1.18 bits per heavy atom. The van der Waals surface area contributed by atoms with Crippen molar-refractivity contribution in [1.82, 2.24) is 4.57 Å². The topological polar surface area (TPSA) is 4.93 Å². The zero-order valence-electron chi connectivity index (χ0n) is 25.3. The first-order valence-electron chi connectivity index (χ1n) is 15.6. The molecular weight excluding hydrogens is 551 g/mol. The van der Waals surface area contributed by atoms with E-state index >= 15 is 0 Å². The second kappa shape index (κ2) is 8.08. The average molecular weight is 582 g/mol. The summed E-state index contributed by atoms with van der Waals surface area (Å²) < 4.78 is 5.31. The zero-order valence-corrected chi connectivity index (χ0v) is 26.1. The molecule has 0 N–H and O–H groups in total. The Balaban J connectivity index is 1.42. The van der Waals surface area contributed by atoms with Crippen LogP contribution in [0.1, 0.15) is 49.9 Å². The number of rotatable bonds is 1. The fourth-order valence-corrected chi connectivity index (χ4v) is 10.0. The fourth-order valence-electron chi connectivity index (χ4n) is 8.79. The van der Waals surface area contributed by atoms with Gasteiger partial charge in [0, 0.05) is 42.8 Å². The van der Waals surface area contributed by atoms with Crippen LogP contribution in [0.4, 0.5) is 0 Å². The predicted molar refractivity (Wildman–Crippen MR) is 189 cm³/mol. The zero-order chi connectivity index (χ0) is 29.5. The Morgan fingerprint density at radius 1 is 0.545 bits per heavy atom. The molecule has 0 fully saturated rings. The molecule has 0 aliphatic heterocycles. The van der Waals surface area contributed by atoms with Gasteiger partial charge in [-0.25, -0.2) is 0 Å². The van der Waals surface area contributed by atoms with Crippen LogP contribution in [0.5, 0.6) is 0 Å². The SMILES string of the molecule is CC1(C)c2ccccc2-c2ccc(-n3c4ccccc4c4c5c(c6c7ccccc7sc6c43)-c3ccccc3C5(C)C)cc21. The van der Waals surface area contributed by atoms with Crippen LogP contribution in [0, 0.1) is 0 Å². The van der Waals surface area contributed by atoms with E-state index in [1.54, 1.807) is 0 Å². The molecular formula is C42H31NS. The van der Waals surface area contributed by atoms with Crippen LogP contribution in [0.2, 0.25) is 0 Å². The number of thiophene rings is 1. The van der Waals surface area contributed by atoms with Crippen molar-refractivity contribution in [2.75, 3.05) is 0 Å². The van der Waals surface area contributed by atoms with Gasteiger partial charge in [0.2, 0.25) is 0 Å². The maximum Gasteiger partial charge on any atom is 0.0723 e. The van der Waals surface area contributed by atoms with Gasteiger partial charge >= 0.3 is 0 Å². The molecule has 0 unspecified atom stereocenters. The van der Waals surface area contributed by atoms with Gasteiger partial charge in [-0.1, -0.05) is 119 Å². The van der Waals surface area contributed by atoms with Gasteiger partial charge in [-0.2, -0.15) is 0 Å². The van der Waals surface area contributed by atoms with Crippen LogP contribution < -0.4 is 0 Å². The summed E-state index contributed by atoms with van der Waals surface area (Å²) in [4.78, 5) is 0. The van der Waals surface area contributed by atoms with E-state index in [1.165, 1.54) is 92.2 Å². The van der Waals surface area contributed by atoms with Crippen LogP contribution in [-0.2, 0) is 10.8 Å². The third kappa shape index (κ3) is 2.82. The molecule has 210 valence electrons. The molecule has 0 atom stereocenters. The molecule has 2 aliphatic rings. The molecule has 8 aromatic rings. The fraction of sp³-hybridized carbons (Fsp3) is 0.143. The third-order valence-electron chi connectivity index (χ3n) is 10.8. The predicted octanol–water partition coefficient (Wildman–Crippen LogP) is 11.8. The molecule has 0 spiro atoms. The number of fused-ring (bicyclic) bond motifs is 15. The Labute approximate surface area is 261 Å². The van der Waals surface area contributed by atoms with Gasteiger partial charge in [-0.05, 0) is 68.8 Å². The second-order valence-corrected chi connectivity index (χ2v) is 14.8. The first kappa shape index (κ1) is 24.7. The molecule has 0 radical (unpaired) electrons. The number of para-hydroxylation sites is 1. The first-order chi connectivity index (χ1) is 21.4. The van der Waals surface area contributed by atoms with Gasteiger partial charge in [0.05, 0.1) is 15.7 Å². The van der Waals surface area contributed by atoms with Crippen molar-refractivity contribution >= 4 is 53.3 Å². The standard InChI is InChI=1S/C42H31NS/c1-41(2)30-17-9-5-13-25(30)26-22-21-24(23-32(26)41)43-33-19-11-7-15-28(33)37-38-35(27-14-6-10-18-31(27)42(38,3)4)36-29-16-8-12-20-34(29)44-40(36)39(37)43/h5-23H,1-4H3. The van der Waals surface area contributed by atoms with E-state index in [4.69, 9.17) is 0 Å². The van der Waals surface area contributed by atoms with Crippen LogP contribution in [0.3, 0.4) is 0 Å². The minimum absolute atomic E-state index is 0.0570. The van der Waals surface area contributed by atoms with Gasteiger partial charge in [-0.3, -0.25) is 0 Å². The summed E-state index contributed by atoms with van der Waals surface area (Å²) in [6.45, 7) is 9.62. The number of hydrogen-bond donors (Lipinski definition) is 0. The van der Waals surface area contributed by atoms with Crippen molar-refractivity contribution in [1.29, 1.82) is 0 Å². The van der Waals surface area contributed by atoms with Crippen LogP contribution >= 0.6 is 11.3 Å². The quantitative estimate of drug-likeness (QED) is 0.182. The lowest BCUT2D eigenvalue weighted by atomic mass is 9.80. The Morgan fingerprint density at radius 3 is 2.00 bits per heavy atom. The molecule has 10 rings (SSSR count). The van der Waals surface area contributed by atoms with Crippen molar-refractivity contribution in [3.8, 4) is 27.9 Å². The molecule has 0 bridgehead atoms. The molecule has 2 aliphatic carbocycles. The molecule has 0 saturated carbocycles. The molecule has 1 nitrogen and oxygen atoms in total. The highest BCUT2D eigenvalue weighted by molar-refractivity contribution is 7.26.